The van der Waals surface area contributed by atoms with E-state index in [9.17, 15) is 8.42 Å². The van der Waals surface area contributed by atoms with E-state index < -0.39 is 9.05 Å². The summed E-state index contributed by atoms with van der Waals surface area (Å²) in [5, 5.41) is 7.76. The lowest BCUT2D eigenvalue weighted by Gasteiger charge is -2.09. The fourth-order valence-electron chi connectivity index (χ4n) is 1.77. The van der Waals surface area contributed by atoms with E-state index in [0.29, 0.717) is 33.8 Å². The zero-order valence-corrected chi connectivity index (χ0v) is 14.3. The normalized spacial score (nSPS) is 11.8. The first-order chi connectivity index (χ1) is 9.36. The minimum atomic E-state index is -3.96. The average Bonchev–Trinajstić information content (AvgIpc) is 2.77. The Morgan fingerprint density at radius 1 is 1.35 bits per heavy atom. The van der Waals surface area contributed by atoms with Crippen LogP contribution in [0.1, 0.15) is 13.3 Å². The van der Waals surface area contributed by atoms with Crippen LogP contribution in [0.4, 0.5) is 0 Å². The fourth-order valence-corrected chi connectivity index (χ4v) is 3.27. The number of benzene rings is 1. The van der Waals surface area contributed by atoms with Crippen LogP contribution in [-0.4, -0.2) is 23.2 Å². The minimum Gasteiger partial charge on any atom is -0.297 e. The molecule has 0 saturated carbocycles. The van der Waals surface area contributed by atoms with E-state index in [2.05, 4.69) is 26.1 Å². The Bertz CT molecular complexity index is 746. The van der Waals surface area contributed by atoms with Crippen LogP contribution in [0.2, 0.25) is 5.02 Å². The summed E-state index contributed by atoms with van der Waals surface area (Å²) in [4.78, 5) is 0. The van der Waals surface area contributed by atoms with Crippen LogP contribution in [0.15, 0.2) is 27.8 Å². The predicted molar refractivity (Wildman–Crippen MR) is 81.5 cm³/mol. The van der Waals surface area contributed by atoms with Gasteiger partial charge in [-0.2, -0.15) is 0 Å². The monoisotopic (exact) mass is 397 g/mol. The molecule has 0 N–H and O–H groups in total. The van der Waals surface area contributed by atoms with E-state index >= 15 is 0 Å². The Hall–Kier alpha value is -0.630. The second kappa shape index (κ2) is 6.01. The topological polar surface area (TPSA) is 64.8 Å². The van der Waals surface area contributed by atoms with Crippen molar-refractivity contribution >= 4 is 47.3 Å². The molecule has 0 radical (unpaired) electrons. The molecule has 2 aromatic rings. The number of hydrogen-bond acceptors (Lipinski definition) is 4. The predicted octanol–water partition coefficient (Wildman–Crippen LogP) is 3.70. The molecule has 1 heterocycles. The van der Waals surface area contributed by atoms with Crippen LogP contribution in [0, 0.1) is 0 Å². The molecule has 1 aromatic carbocycles. The summed E-state index contributed by atoms with van der Waals surface area (Å²) < 4.78 is 25.2. The summed E-state index contributed by atoms with van der Waals surface area (Å²) in [6.07, 6.45) is 0.704. The van der Waals surface area contributed by atoms with E-state index in [4.69, 9.17) is 22.3 Å². The molecule has 0 aliphatic rings. The van der Waals surface area contributed by atoms with E-state index in [0.717, 1.165) is 0 Å². The van der Waals surface area contributed by atoms with Crippen LogP contribution in [0.25, 0.3) is 11.4 Å². The van der Waals surface area contributed by atoms with E-state index in [1.807, 2.05) is 6.92 Å². The first-order valence-electron chi connectivity index (χ1n) is 5.68. The molecule has 0 amide bonds. The zero-order chi connectivity index (χ0) is 14.9. The molecule has 20 heavy (non-hydrogen) atoms. The smallest absolute Gasteiger partial charge is 0.296 e. The third-order valence-electron chi connectivity index (χ3n) is 2.57. The van der Waals surface area contributed by atoms with E-state index in [1.54, 1.807) is 18.2 Å². The van der Waals surface area contributed by atoms with Gasteiger partial charge in [-0.05, 0) is 34.5 Å². The SMILES string of the molecule is CCCn1c(-c2cccc(Br)c2Cl)nnc1S(=O)(=O)Cl. The van der Waals surface area contributed by atoms with Gasteiger partial charge in [-0.3, -0.25) is 4.57 Å². The minimum absolute atomic E-state index is 0.271. The molecular weight excluding hydrogens is 389 g/mol. The Morgan fingerprint density at radius 3 is 2.65 bits per heavy atom. The molecule has 9 heteroatoms. The number of rotatable bonds is 4. The van der Waals surface area contributed by atoms with Crippen molar-refractivity contribution in [2.75, 3.05) is 0 Å². The quantitative estimate of drug-likeness (QED) is 0.736. The highest BCUT2D eigenvalue weighted by Gasteiger charge is 2.24. The zero-order valence-electron chi connectivity index (χ0n) is 10.3. The summed E-state index contributed by atoms with van der Waals surface area (Å²) in [6, 6.07) is 5.31. The maximum atomic E-state index is 11.5. The summed E-state index contributed by atoms with van der Waals surface area (Å²) >= 11 is 9.53. The highest BCUT2D eigenvalue weighted by atomic mass is 79.9. The van der Waals surface area contributed by atoms with Crippen molar-refractivity contribution in [2.45, 2.75) is 25.0 Å². The lowest BCUT2D eigenvalue weighted by atomic mass is 10.2. The van der Waals surface area contributed by atoms with Crippen molar-refractivity contribution < 1.29 is 8.42 Å². The summed E-state index contributed by atoms with van der Waals surface area (Å²) in [6.45, 7) is 2.34. The molecule has 108 valence electrons. The molecule has 0 fully saturated rings. The van der Waals surface area contributed by atoms with Crippen molar-refractivity contribution in [1.29, 1.82) is 0 Å². The Morgan fingerprint density at radius 2 is 2.05 bits per heavy atom. The molecule has 0 aliphatic heterocycles. The number of nitrogens with zero attached hydrogens (tertiary/aromatic N) is 3. The van der Waals surface area contributed by atoms with Gasteiger partial charge in [0.1, 0.15) is 0 Å². The van der Waals surface area contributed by atoms with Crippen LogP contribution < -0.4 is 0 Å². The van der Waals surface area contributed by atoms with Crippen LogP contribution in [-0.2, 0) is 15.6 Å². The van der Waals surface area contributed by atoms with Crippen LogP contribution >= 0.6 is 38.2 Å². The maximum Gasteiger partial charge on any atom is 0.296 e. The molecule has 1 aromatic heterocycles. The number of halogens is 3. The molecule has 5 nitrogen and oxygen atoms in total. The van der Waals surface area contributed by atoms with Gasteiger partial charge >= 0.3 is 0 Å². The Balaban J connectivity index is 2.69. The first kappa shape index (κ1) is 15.8. The molecule has 2 rings (SSSR count). The maximum absolute atomic E-state index is 11.5. The standard InChI is InChI=1S/C11H10BrCl2N3O2S/c1-2-6-17-10(15-16-11(17)20(14,18)19)7-4-3-5-8(12)9(7)13/h3-5H,2,6H2,1H3. The molecule has 0 aliphatic carbocycles. The molecule has 0 atom stereocenters. The number of aromatic nitrogens is 3. The summed E-state index contributed by atoms with van der Waals surface area (Å²) in [5.41, 5.74) is 0.591. The summed E-state index contributed by atoms with van der Waals surface area (Å²) in [5.74, 6) is 0.373. The van der Waals surface area contributed by atoms with Crippen LogP contribution in [0.3, 0.4) is 0 Å². The van der Waals surface area contributed by atoms with Crippen molar-refractivity contribution in [3.05, 3.63) is 27.7 Å². The van der Waals surface area contributed by atoms with Gasteiger partial charge in [-0.15, -0.1) is 10.2 Å². The summed E-state index contributed by atoms with van der Waals surface area (Å²) in [7, 11) is 1.42. The third-order valence-corrected chi connectivity index (χ3v) is 5.02. The highest BCUT2D eigenvalue weighted by Crippen LogP contribution is 2.33. The Kier molecular flexibility index (Phi) is 4.73. The van der Waals surface area contributed by atoms with E-state index in [-0.39, 0.29) is 5.16 Å². The van der Waals surface area contributed by atoms with E-state index in [1.165, 1.54) is 4.57 Å². The molecular formula is C11H10BrCl2N3O2S. The number of hydrogen-bond donors (Lipinski definition) is 0. The Labute approximate surface area is 134 Å². The van der Waals surface area contributed by atoms with Gasteiger partial charge in [0.25, 0.3) is 14.2 Å². The average molecular weight is 399 g/mol. The van der Waals surface area contributed by atoms with Crippen LogP contribution in [0.5, 0.6) is 0 Å². The van der Waals surface area contributed by atoms with Gasteiger partial charge in [-0.1, -0.05) is 24.6 Å². The van der Waals surface area contributed by atoms with Gasteiger partial charge in [0.05, 0.1) is 5.02 Å². The second-order valence-corrected chi connectivity index (χ2v) is 7.69. The van der Waals surface area contributed by atoms with Crippen molar-refractivity contribution in [1.82, 2.24) is 14.8 Å². The largest absolute Gasteiger partial charge is 0.297 e. The first-order valence-corrected chi connectivity index (χ1v) is 9.16. The molecule has 0 saturated heterocycles. The third kappa shape index (κ3) is 3.00. The second-order valence-electron chi connectivity index (χ2n) is 4.00. The van der Waals surface area contributed by atoms with Gasteiger partial charge in [0.15, 0.2) is 5.82 Å². The van der Waals surface area contributed by atoms with Gasteiger partial charge < -0.3 is 0 Å². The van der Waals surface area contributed by atoms with Gasteiger partial charge in [0, 0.05) is 27.3 Å². The van der Waals surface area contributed by atoms with Crippen molar-refractivity contribution in [2.24, 2.45) is 0 Å². The lowest BCUT2D eigenvalue weighted by Crippen LogP contribution is -2.07. The lowest BCUT2D eigenvalue weighted by molar-refractivity contribution is 0.570. The van der Waals surface area contributed by atoms with Crippen molar-refractivity contribution in [3.63, 3.8) is 0 Å². The highest BCUT2D eigenvalue weighted by molar-refractivity contribution is 9.10. The fraction of sp³-hybridized carbons (Fsp3) is 0.273. The van der Waals surface area contributed by atoms with Crippen molar-refractivity contribution in [3.8, 4) is 11.4 Å². The molecule has 0 spiro atoms. The van der Waals surface area contributed by atoms with Gasteiger partial charge in [-0.25, -0.2) is 8.42 Å². The van der Waals surface area contributed by atoms with Gasteiger partial charge in [0.2, 0.25) is 0 Å². The molecule has 0 unspecified atom stereocenters. The molecule has 0 bridgehead atoms.